The third-order valence-corrected chi connectivity index (χ3v) is 5.74. The van der Waals surface area contributed by atoms with Gasteiger partial charge in [0.05, 0.1) is 5.69 Å². The molecule has 2 aromatic rings. The molecule has 1 heterocycles. The van der Waals surface area contributed by atoms with Crippen molar-refractivity contribution in [2.24, 2.45) is 0 Å². The highest BCUT2D eigenvalue weighted by atomic mass is 14.7. The molecule has 1 aromatic carbocycles. The molecular formula is C19H21N. The van der Waals surface area contributed by atoms with E-state index in [0.29, 0.717) is 10.8 Å². The first-order valence-corrected chi connectivity index (χ1v) is 7.67. The number of pyridine rings is 1. The van der Waals surface area contributed by atoms with Crippen LogP contribution in [0.4, 0.5) is 0 Å². The smallest absolute Gasteiger partial charge is 0.0702 e. The van der Waals surface area contributed by atoms with Crippen molar-refractivity contribution in [1.82, 2.24) is 4.98 Å². The van der Waals surface area contributed by atoms with Crippen LogP contribution in [-0.2, 0) is 10.8 Å². The van der Waals surface area contributed by atoms with Gasteiger partial charge in [-0.25, -0.2) is 0 Å². The molecule has 5 rings (SSSR count). The van der Waals surface area contributed by atoms with Gasteiger partial charge in [-0.2, -0.15) is 0 Å². The highest BCUT2D eigenvalue weighted by molar-refractivity contribution is 5.63. The number of fused-ring (bicyclic) bond motifs is 2. The first-order chi connectivity index (χ1) is 9.61. The number of benzene rings is 1. The van der Waals surface area contributed by atoms with Crippen molar-refractivity contribution >= 4 is 0 Å². The molecule has 20 heavy (non-hydrogen) atoms. The quantitative estimate of drug-likeness (QED) is 0.716. The standard InChI is InChI=1S/C19H21N/c1-18-8-10-19(2,11-9-18)16-13-14(6-7-15(16)18)17-5-3-4-12-20-17/h3-7,12-13H,8-11H2,1-2H3. The molecule has 2 bridgehead atoms. The molecule has 0 amide bonds. The van der Waals surface area contributed by atoms with Gasteiger partial charge in [-0.3, -0.25) is 4.98 Å². The molecule has 3 aliphatic carbocycles. The van der Waals surface area contributed by atoms with E-state index in [0.717, 1.165) is 5.69 Å². The van der Waals surface area contributed by atoms with Gasteiger partial charge in [-0.15, -0.1) is 0 Å². The number of aromatic nitrogens is 1. The largest absolute Gasteiger partial charge is 0.256 e. The lowest BCUT2D eigenvalue weighted by Gasteiger charge is -2.52. The van der Waals surface area contributed by atoms with Crippen LogP contribution >= 0.6 is 0 Å². The molecule has 0 aliphatic heterocycles. The number of hydrogen-bond donors (Lipinski definition) is 0. The predicted octanol–water partition coefficient (Wildman–Crippen LogP) is 4.85. The summed E-state index contributed by atoms with van der Waals surface area (Å²) in [6.07, 6.45) is 7.24. The first-order valence-electron chi connectivity index (χ1n) is 7.67. The first kappa shape index (κ1) is 12.1. The van der Waals surface area contributed by atoms with Gasteiger partial charge in [0.25, 0.3) is 0 Å². The molecule has 0 unspecified atom stereocenters. The Morgan fingerprint density at radius 2 is 1.55 bits per heavy atom. The van der Waals surface area contributed by atoms with E-state index in [2.05, 4.69) is 49.2 Å². The fourth-order valence-electron chi connectivity index (χ4n) is 4.15. The normalized spacial score (nSPS) is 31.1. The summed E-state index contributed by atoms with van der Waals surface area (Å²) in [4.78, 5) is 4.50. The summed E-state index contributed by atoms with van der Waals surface area (Å²) in [5, 5.41) is 0. The van der Waals surface area contributed by atoms with Crippen LogP contribution in [0.1, 0.15) is 50.7 Å². The minimum absolute atomic E-state index is 0.387. The van der Waals surface area contributed by atoms with Crippen LogP contribution in [0.15, 0.2) is 42.6 Å². The Bertz CT molecular complexity index is 649. The summed E-state index contributed by atoms with van der Waals surface area (Å²) in [7, 11) is 0. The maximum Gasteiger partial charge on any atom is 0.0702 e. The van der Waals surface area contributed by atoms with Gasteiger partial charge in [0, 0.05) is 11.8 Å². The highest BCUT2D eigenvalue weighted by Crippen LogP contribution is 2.56. The molecule has 3 aliphatic rings. The topological polar surface area (TPSA) is 12.9 Å². The minimum atomic E-state index is 0.387. The van der Waals surface area contributed by atoms with Crippen LogP contribution in [0.25, 0.3) is 11.3 Å². The number of nitrogens with zero attached hydrogens (tertiary/aromatic N) is 1. The third kappa shape index (κ3) is 1.59. The maximum atomic E-state index is 4.50. The maximum absolute atomic E-state index is 4.50. The van der Waals surface area contributed by atoms with E-state index < -0.39 is 0 Å². The zero-order chi connectivity index (χ0) is 13.8. The van der Waals surface area contributed by atoms with Crippen molar-refractivity contribution in [3.05, 3.63) is 53.7 Å². The molecular weight excluding hydrogens is 242 g/mol. The molecule has 1 saturated carbocycles. The van der Waals surface area contributed by atoms with Crippen molar-refractivity contribution in [2.45, 2.75) is 50.4 Å². The van der Waals surface area contributed by atoms with Gasteiger partial charge in [-0.05, 0) is 65.8 Å². The van der Waals surface area contributed by atoms with E-state index in [9.17, 15) is 0 Å². The Morgan fingerprint density at radius 3 is 2.20 bits per heavy atom. The minimum Gasteiger partial charge on any atom is -0.256 e. The molecule has 0 spiro atoms. The second-order valence-electron chi connectivity index (χ2n) is 7.10. The summed E-state index contributed by atoms with van der Waals surface area (Å²) >= 11 is 0. The fourth-order valence-corrected chi connectivity index (χ4v) is 4.15. The molecule has 0 atom stereocenters. The summed E-state index contributed by atoms with van der Waals surface area (Å²) in [6, 6.07) is 13.2. The molecule has 1 aromatic heterocycles. The summed E-state index contributed by atoms with van der Waals surface area (Å²) in [5.41, 5.74) is 6.33. The molecule has 1 nitrogen and oxygen atoms in total. The van der Waals surface area contributed by atoms with E-state index in [4.69, 9.17) is 0 Å². The Labute approximate surface area is 121 Å². The van der Waals surface area contributed by atoms with Crippen LogP contribution in [0.2, 0.25) is 0 Å². The van der Waals surface area contributed by atoms with Crippen molar-refractivity contribution < 1.29 is 0 Å². The monoisotopic (exact) mass is 263 g/mol. The Balaban J connectivity index is 1.90. The van der Waals surface area contributed by atoms with Crippen molar-refractivity contribution in [2.75, 3.05) is 0 Å². The van der Waals surface area contributed by atoms with Gasteiger partial charge < -0.3 is 0 Å². The Kier molecular flexibility index (Phi) is 2.39. The van der Waals surface area contributed by atoms with E-state index in [1.54, 1.807) is 11.1 Å². The number of hydrogen-bond acceptors (Lipinski definition) is 1. The molecule has 0 N–H and O–H groups in total. The van der Waals surface area contributed by atoms with Crippen molar-refractivity contribution in [3.8, 4) is 11.3 Å². The van der Waals surface area contributed by atoms with Crippen LogP contribution in [0.5, 0.6) is 0 Å². The second kappa shape index (κ2) is 3.94. The Morgan fingerprint density at radius 1 is 0.850 bits per heavy atom. The molecule has 0 radical (unpaired) electrons. The molecule has 0 saturated heterocycles. The zero-order valence-electron chi connectivity index (χ0n) is 12.3. The van der Waals surface area contributed by atoms with E-state index >= 15 is 0 Å². The average molecular weight is 263 g/mol. The van der Waals surface area contributed by atoms with Crippen LogP contribution in [0.3, 0.4) is 0 Å². The summed E-state index contributed by atoms with van der Waals surface area (Å²) in [5.74, 6) is 0. The Hall–Kier alpha value is -1.63. The van der Waals surface area contributed by atoms with Gasteiger partial charge in [-0.1, -0.05) is 32.0 Å². The van der Waals surface area contributed by atoms with E-state index in [1.165, 1.54) is 31.2 Å². The van der Waals surface area contributed by atoms with Crippen LogP contribution in [-0.4, -0.2) is 4.98 Å². The van der Waals surface area contributed by atoms with E-state index in [-0.39, 0.29) is 0 Å². The number of rotatable bonds is 1. The average Bonchev–Trinajstić information content (AvgIpc) is 2.50. The lowest BCUT2D eigenvalue weighted by molar-refractivity contribution is 0.188. The summed E-state index contributed by atoms with van der Waals surface area (Å²) < 4.78 is 0. The zero-order valence-corrected chi connectivity index (χ0v) is 12.3. The second-order valence-corrected chi connectivity index (χ2v) is 7.10. The van der Waals surface area contributed by atoms with Gasteiger partial charge in [0.1, 0.15) is 0 Å². The van der Waals surface area contributed by atoms with Crippen LogP contribution < -0.4 is 0 Å². The third-order valence-electron chi connectivity index (χ3n) is 5.74. The van der Waals surface area contributed by atoms with Crippen molar-refractivity contribution in [3.63, 3.8) is 0 Å². The molecule has 1 heteroatoms. The predicted molar refractivity (Wildman–Crippen MR) is 82.8 cm³/mol. The lowest BCUT2D eigenvalue weighted by atomic mass is 9.52. The fraction of sp³-hybridized carbons (Fsp3) is 0.421. The molecule has 1 fully saturated rings. The van der Waals surface area contributed by atoms with E-state index in [1.807, 2.05) is 12.3 Å². The lowest BCUT2D eigenvalue weighted by Crippen LogP contribution is -2.44. The van der Waals surface area contributed by atoms with Gasteiger partial charge in [0.2, 0.25) is 0 Å². The van der Waals surface area contributed by atoms with Gasteiger partial charge in [0.15, 0.2) is 0 Å². The summed E-state index contributed by atoms with van der Waals surface area (Å²) in [6.45, 7) is 4.90. The SMILES string of the molecule is CC12CCC(C)(CC1)c1cc(-c3ccccn3)ccc12. The van der Waals surface area contributed by atoms with Crippen LogP contribution in [0, 0.1) is 0 Å². The van der Waals surface area contributed by atoms with Gasteiger partial charge >= 0.3 is 0 Å². The van der Waals surface area contributed by atoms with Crippen molar-refractivity contribution in [1.29, 1.82) is 0 Å². The molecule has 102 valence electrons. The highest BCUT2D eigenvalue weighted by Gasteiger charge is 2.47.